The molecular formula is C28H28N4O4. The lowest BCUT2D eigenvalue weighted by Crippen LogP contribution is -2.48. The standard InChI is InChI=1S/C28H28N4O4/c1-28(2,3)36-27(35)31-23(19-14-8-5-9-15-19)25(33)32-24-26(34)29-21-17-11-10-16-20(21)22(30-24)18-12-6-4-7-13-18/h4-17,23-24H,1-3H3,(H,29,34)(H,31,35)(H,32,33). The Kier molecular flexibility index (Phi) is 7.15. The molecule has 0 radical (unpaired) electrons. The number of nitrogens with one attached hydrogen (secondary N) is 3. The highest BCUT2D eigenvalue weighted by molar-refractivity contribution is 6.19. The number of benzene rings is 3. The third-order valence-electron chi connectivity index (χ3n) is 5.33. The Morgan fingerprint density at radius 3 is 2.19 bits per heavy atom. The molecule has 0 aliphatic carbocycles. The second-order valence-corrected chi connectivity index (χ2v) is 9.28. The van der Waals surface area contributed by atoms with Crippen molar-refractivity contribution in [2.24, 2.45) is 4.99 Å². The van der Waals surface area contributed by atoms with Crippen molar-refractivity contribution < 1.29 is 19.1 Å². The summed E-state index contributed by atoms with van der Waals surface area (Å²) >= 11 is 0. The summed E-state index contributed by atoms with van der Waals surface area (Å²) in [6.07, 6.45) is -1.98. The average Bonchev–Trinajstić information content (AvgIpc) is 2.98. The predicted octanol–water partition coefficient (Wildman–Crippen LogP) is 4.18. The van der Waals surface area contributed by atoms with E-state index < -0.39 is 35.7 Å². The lowest BCUT2D eigenvalue weighted by atomic mass is 10.0. The molecule has 4 rings (SSSR count). The number of carbonyl (C=O) groups excluding carboxylic acids is 3. The van der Waals surface area contributed by atoms with Gasteiger partial charge in [0.15, 0.2) is 0 Å². The third kappa shape index (κ3) is 5.96. The molecule has 1 aliphatic heterocycles. The van der Waals surface area contributed by atoms with Crippen LogP contribution in [0.5, 0.6) is 0 Å². The Balaban J connectivity index is 1.66. The number of ether oxygens (including phenoxy) is 1. The van der Waals surface area contributed by atoms with Crippen LogP contribution >= 0.6 is 0 Å². The number of alkyl carbamates (subject to hydrolysis) is 1. The number of para-hydroxylation sites is 1. The van der Waals surface area contributed by atoms with Crippen LogP contribution in [-0.2, 0) is 14.3 Å². The van der Waals surface area contributed by atoms with Gasteiger partial charge in [-0.2, -0.15) is 0 Å². The lowest BCUT2D eigenvalue weighted by molar-refractivity contribution is -0.127. The first-order chi connectivity index (χ1) is 17.2. The van der Waals surface area contributed by atoms with Crippen molar-refractivity contribution in [3.63, 3.8) is 0 Å². The number of fused-ring (bicyclic) bond motifs is 1. The second kappa shape index (κ2) is 10.4. The van der Waals surface area contributed by atoms with E-state index in [2.05, 4.69) is 20.9 Å². The summed E-state index contributed by atoms with van der Waals surface area (Å²) in [4.78, 5) is 43.7. The van der Waals surface area contributed by atoms with Crippen LogP contribution in [0.1, 0.15) is 43.5 Å². The molecular weight excluding hydrogens is 456 g/mol. The monoisotopic (exact) mass is 484 g/mol. The van der Waals surface area contributed by atoms with Gasteiger partial charge in [-0.15, -0.1) is 0 Å². The molecule has 1 heterocycles. The molecule has 8 heteroatoms. The summed E-state index contributed by atoms with van der Waals surface area (Å²) in [6, 6.07) is 24.4. The summed E-state index contributed by atoms with van der Waals surface area (Å²) in [5.41, 5.74) is 2.47. The fourth-order valence-electron chi connectivity index (χ4n) is 3.77. The third-order valence-corrected chi connectivity index (χ3v) is 5.33. The summed E-state index contributed by atoms with van der Waals surface area (Å²) in [5, 5.41) is 8.17. The van der Waals surface area contributed by atoms with Gasteiger partial charge in [0, 0.05) is 11.1 Å². The van der Waals surface area contributed by atoms with Gasteiger partial charge in [0.2, 0.25) is 12.1 Å². The number of rotatable bonds is 5. The largest absolute Gasteiger partial charge is 0.444 e. The molecule has 3 amide bonds. The van der Waals surface area contributed by atoms with Crippen LogP contribution < -0.4 is 16.0 Å². The van der Waals surface area contributed by atoms with Gasteiger partial charge < -0.3 is 20.7 Å². The number of benzodiazepines with no additional fused rings is 1. The van der Waals surface area contributed by atoms with Crippen molar-refractivity contribution in [1.82, 2.24) is 10.6 Å². The SMILES string of the molecule is CC(C)(C)OC(=O)NC(C(=O)NC1N=C(c2ccccc2)c2ccccc2NC1=O)c1ccccc1. The zero-order chi connectivity index (χ0) is 25.7. The number of hydrogen-bond acceptors (Lipinski definition) is 5. The molecule has 0 aromatic heterocycles. The number of carbonyl (C=O) groups is 3. The fourth-order valence-corrected chi connectivity index (χ4v) is 3.77. The van der Waals surface area contributed by atoms with Crippen LogP contribution in [0.25, 0.3) is 0 Å². The number of aliphatic imine (C=N–C) groups is 1. The summed E-state index contributed by atoms with van der Waals surface area (Å²) < 4.78 is 5.35. The van der Waals surface area contributed by atoms with E-state index in [0.29, 0.717) is 17.0 Å². The van der Waals surface area contributed by atoms with Gasteiger partial charge in [-0.05, 0) is 32.4 Å². The lowest BCUT2D eigenvalue weighted by Gasteiger charge is -2.24. The van der Waals surface area contributed by atoms with Crippen molar-refractivity contribution in [3.05, 3.63) is 102 Å². The van der Waals surface area contributed by atoms with Crippen LogP contribution in [0.3, 0.4) is 0 Å². The van der Waals surface area contributed by atoms with Crippen molar-refractivity contribution in [1.29, 1.82) is 0 Å². The minimum Gasteiger partial charge on any atom is -0.444 e. The summed E-state index contributed by atoms with van der Waals surface area (Å²) in [5.74, 6) is -1.10. The highest BCUT2D eigenvalue weighted by Gasteiger charge is 2.31. The molecule has 36 heavy (non-hydrogen) atoms. The van der Waals surface area contributed by atoms with E-state index in [0.717, 1.165) is 11.1 Å². The quantitative estimate of drug-likeness (QED) is 0.505. The van der Waals surface area contributed by atoms with E-state index in [1.807, 2.05) is 48.5 Å². The van der Waals surface area contributed by atoms with Gasteiger partial charge in [0.05, 0.1) is 11.4 Å². The first kappa shape index (κ1) is 24.7. The predicted molar refractivity (Wildman–Crippen MR) is 138 cm³/mol. The molecule has 0 bridgehead atoms. The fraction of sp³-hybridized carbons (Fsp3) is 0.214. The molecule has 8 nitrogen and oxygen atoms in total. The highest BCUT2D eigenvalue weighted by Crippen LogP contribution is 2.24. The maximum atomic E-state index is 13.5. The normalized spacial score (nSPS) is 15.9. The number of amides is 3. The van der Waals surface area contributed by atoms with E-state index in [1.54, 1.807) is 57.2 Å². The van der Waals surface area contributed by atoms with Crippen molar-refractivity contribution >= 4 is 29.3 Å². The molecule has 0 spiro atoms. The Bertz CT molecular complexity index is 1280. The summed E-state index contributed by atoms with van der Waals surface area (Å²) in [7, 11) is 0. The molecule has 1 aliphatic rings. The molecule has 2 atom stereocenters. The van der Waals surface area contributed by atoms with E-state index in [-0.39, 0.29) is 0 Å². The Labute approximate surface area is 209 Å². The van der Waals surface area contributed by atoms with Crippen LogP contribution in [0.4, 0.5) is 10.5 Å². The number of anilines is 1. The molecule has 2 unspecified atom stereocenters. The van der Waals surface area contributed by atoms with Crippen LogP contribution in [0, 0.1) is 0 Å². The van der Waals surface area contributed by atoms with Crippen LogP contribution in [0.15, 0.2) is 89.9 Å². The second-order valence-electron chi connectivity index (χ2n) is 9.28. The molecule has 184 valence electrons. The zero-order valence-corrected chi connectivity index (χ0v) is 20.3. The minimum absolute atomic E-state index is 0.495. The van der Waals surface area contributed by atoms with Gasteiger partial charge in [-0.1, -0.05) is 78.9 Å². The number of hydrogen-bond donors (Lipinski definition) is 3. The molecule has 3 aromatic carbocycles. The highest BCUT2D eigenvalue weighted by atomic mass is 16.6. The van der Waals surface area contributed by atoms with Gasteiger partial charge in [0.25, 0.3) is 5.91 Å². The molecule has 0 saturated carbocycles. The van der Waals surface area contributed by atoms with Crippen molar-refractivity contribution in [3.8, 4) is 0 Å². The van der Waals surface area contributed by atoms with E-state index in [4.69, 9.17) is 4.74 Å². The topological polar surface area (TPSA) is 109 Å². The Hall–Kier alpha value is -4.46. The van der Waals surface area contributed by atoms with Gasteiger partial charge in [-0.3, -0.25) is 9.59 Å². The first-order valence-corrected chi connectivity index (χ1v) is 11.6. The first-order valence-electron chi connectivity index (χ1n) is 11.6. The molecule has 0 fully saturated rings. The van der Waals surface area contributed by atoms with Gasteiger partial charge in [0.1, 0.15) is 11.6 Å². The van der Waals surface area contributed by atoms with Gasteiger partial charge >= 0.3 is 6.09 Å². The molecule has 3 aromatic rings. The molecule has 3 N–H and O–H groups in total. The average molecular weight is 485 g/mol. The Morgan fingerprint density at radius 2 is 1.53 bits per heavy atom. The van der Waals surface area contributed by atoms with Crippen LogP contribution in [0.2, 0.25) is 0 Å². The minimum atomic E-state index is -1.23. The smallest absolute Gasteiger partial charge is 0.408 e. The maximum Gasteiger partial charge on any atom is 0.408 e. The van der Waals surface area contributed by atoms with E-state index >= 15 is 0 Å². The van der Waals surface area contributed by atoms with Crippen molar-refractivity contribution in [2.45, 2.75) is 38.6 Å². The van der Waals surface area contributed by atoms with Crippen molar-refractivity contribution in [2.75, 3.05) is 5.32 Å². The van der Waals surface area contributed by atoms with E-state index in [9.17, 15) is 14.4 Å². The summed E-state index contributed by atoms with van der Waals surface area (Å²) in [6.45, 7) is 5.20. The van der Waals surface area contributed by atoms with Crippen LogP contribution in [-0.4, -0.2) is 35.4 Å². The maximum absolute atomic E-state index is 13.5. The zero-order valence-electron chi connectivity index (χ0n) is 20.3. The Morgan fingerprint density at radius 1 is 0.917 bits per heavy atom. The number of nitrogens with zero attached hydrogens (tertiary/aromatic N) is 1. The van der Waals surface area contributed by atoms with Gasteiger partial charge in [-0.25, -0.2) is 9.79 Å². The van der Waals surface area contributed by atoms with E-state index in [1.165, 1.54) is 0 Å². The molecule has 0 saturated heterocycles.